The first-order valence-electron chi connectivity index (χ1n) is 8.05. The Morgan fingerprint density at radius 2 is 1.80 bits per heavy atom. The van der Waals surface area contributed by atoms with Crippen LogP contribution in [-0.4, -0.2) is 58.9 Å². The molecule has 1 aromatic rings. The lowest BCUT2D eigenvalue weighted by Crippen LogP contribution is -2.39. The highest BCUT2D eigenvalue weighted by atomic mass is 16.5. The van der Waals surface area contributed by atoms with Crippen molar-refractivity contribution < 1.29 is 28.5 Å². The van der Waals surface area contributed by atoms with E-state index in [-0.39, 0.29) is 18.6 Å². The van der Waals surface area contributed by atoms with Gasteiger partial charge in [0.1, 0.15) is 0 Å². The van der Waals surface area contributed by atoms with Crippen LogP contribution in [0.2, 0.25) is 0 Å². The molecular formula is C17H24N2O6. The fraction of sp³-hybridized carbons (Fsp3) is 0.529. The molecular weight excluding hydrogens is 328 g/mol. The number of hydrogen-bond acceptors (Lipinski definition) is 6. The molecule has 1 fully saturated rings. The first kappa shape index (κ1) is 18.9. The normalized spacial score (nSPS) is 16.2. The Labute approximate surface area is 146 Å². The Hall–Kier alpha value is -2.48. The van der Waals surface area contributed by atoms with Crippen molar-refractivity contribution in [1.82, 2.24) is 10.6 Å². The van der Waals surface area contributed by atoms with Crippen LogP contribution in [-0.2, 0) is 9.53 Å². The van der Waals surface area contributed by atoms with Crippen molar-refractivity contribution in [2.75, 3.05) is 41.0 Å². The first-order chi connectivity index (χ1) is 12.1. The van der Waals surface area contributed by atoms with Gasteiger partial charge in [-0.15, -0.1) is 0 Å². The van der Waals surface area contributed by atoms with Crippen LogP contribution >= 0.6 is 0 Å². The zero-order chi connectivity index (χ0) is 18.2. The molecule has 2 amide bonds. The van der Waals surface area contributed by atoms with Gasteiger partial charge in [0.25, 0.3) is 5.91 Å². The predicted molar refractivity (Wildman–Crippen MR) is 90.4 cm³/mol. The van der Waals surface area contributed by atoms with Crippen LogP contribution in [0, 0.1) is 0 Å². The summed E-state index contributed by atoms with van der Waals surface area (Å²) < 4.78 is 21.1. The van der Waals surface area contributed by atoms with Crippen LogP contribution in [0.4, 0.5) is 0 Å². The molecule has 0 spiro atoms. The van der Waals surface area contributed by atoms with Crippen LogP contribution in [0.25, 0.3) is 0 Å². The largest absolute Gasteiger partial charge is 0.493 e. The Kier molecular flexibility index (Phi) is 6.88. The van der Waals surface area contributed by atoms with Gasteiger partial charge in [-0.3, -0.25) is 9.59 Å². The van der Waals surface area contributed by atoms with Crippen molar-refractivity contribution in [3.05, 3.63) is 17.7 Å². The predicted octanol–water partition coefficient (Wildman–Crippen LogP) is 0.737. The Bertz CT molecular complexity index is 588. The molecule has 1 unspecified atom stereocenters. The zero-order valence-electron chi connectivity index (χ0n) is 14.7. The molecule has 2 rings (SSSR count). The fourth-order valence-electron chi connectivity index (χ4n) is 2.57. The molecule has 1 aromatic carbocycles. The summed E-state index contributed by atoms with van der Waals surface area (Å²) in [6.07, 6.45) is 2.02. The molecule has 25 heavy (non-hydrogen) atoms. The first-order valence-corrected chi connectivity index (χ1v) is 8.05. The second kappa shape index (κ2) is 9.12. The van der Waals surface area contributed by atoms with Gasteiger partial charge in [0, 0.05) is 18.7 Å². The van der Waals surface area contributed by atoms with E-state index in [4.69, 9.17) is 18.9 Å². The van der Waals surface area contributed by atoms with Gasteiger partial charge >= 0.3 is 0 Å². The minimum atomic E-state index is -0.411. The lowest BCUT2D eigenvalue weighted by atomic mass is 10.1. The van der Waals surface area contributed by atoms with Crippen molar-refractivity contribution in [3.63, 3.8) is 0 Å². The highest BCUT2D eigenvalue weighted by Gasteiger charge is 2.18. The molecule has 2 N–H and O–H groups in total. The summed E-state index contributed by atoms with van der Waals surface area (Å²) in [5, 5.41) is 5.32. The summed E-state index contributed by atoms with van der Waals surface area (Å²) in [4.78, 5) is 24.1. The highest BCUT2D eigenvalue weighted by Crippen LogP contribution is 2.38. The lowest BCUT2D eigenvalue weighted by Gasteiger charge is -2.14. The SMILES string of the molecule is COc1cc(C(=O)NCC(=O)NCC2CCCO2)cc(OC)c1OC. The maximum absolute atomic E-state index is 12.3. The van der Waals surface area contributed by atoms with E-state index in [1.807, 2.05) is 0 Å². The van der Waals surface area contributed by atoms with Crippen molar-refractivity contribution >= 4 is 11.8 Å². The maximum Gasteiger partial charge on any atom is 0.251 e. The monoisotopic (exact) mass is 352 g/mol. The smallest absolute Gasteiger partial charge is 0.251 e. The van der Waals surface area contributed by atoms with Gasteiger partial charge in [-0.2, -0.15) is 0 Å². The van der Waals surface area contributed by atoms with Gasteiger partial charge in [-0.1, -0.05) is 0 Å². The molecule has 138 valence electrons. The van der Waals surface area contributed by atoms with Gasteiger partial charge in [0.15, 0.2) is 11.5 Å². The fourth-order valence-corrected chi connectivity index (χ4v) is 2.57. The summed E-state index contributed by atoms with van der Waals surface area (Å²) >= 11 is 0. The molecule has 1 aliphatic heterocycles. The second-order valence-electron chi connectivity index (χ2n) is 5.54. The number of rotatable bonds is 8. The van der Waals surface area contributed by atoms with E-state index in [0.29, 0.717) is 29.4 Å². The quantitative estimate of drug-likeness (QED) is 0.716. The standard InChI is InChI=1S/C17H24N2O6/c1-22-13-7-11(8-14(23-2)16(13)24-3)17(21)19-10-15(20)18-9-12-5-4-6-25-12/h7-8,12H,4-6,9-10H2,1-3H3,(H,18,20)(H,19,21). The van der Waals surface area contributed by atoms with Crippen LogP contribution in [0.1, 0.15) is 23.2 Å². The van der Waals surface area contributed by atoms with Gasteiger partial charge < -0.3 is 29.6 Å². The molecule has 0 aromatic heterocycles. The third-order valence-corrected chi connectivity index (χ3v) is 3.89. The molecule has 1 atom stereocenters. The molecule has 1 saturated heterocycles. The zero-order valence-corrected chi connectivity index (χ0v) is 14.7. The number of hydrogen-bond donors (Lipinski definition) is 2. The van der Waals surface area contributed by atoms with E-state index in [2.05, 4.69) is 10.6 Å². The molecule has 0 bridgehead atoms. The molecule has 0 aliphatic carbocycles. The molecule has 1 heterocycles. The number of amides is 2. The molecule has 8 nitrogen and oxygen atoms in total. The Morgan fingerprint density at radius 3 is 2.32 bits per heavy atom. The van der Waals surface area contributed by atoms with Crippen molar-refractivity contribution in [2.24, 2.45) is 0 Å². The van der Waals surface area contributed by atoms with Crippen LogP contribution in [0.15, 0.2) is 12.1 Å². The molecule has 0 radical (unpaired) electrons. The van der Waals surface area contributed by atoms with Gasteiger partial charge in [0.05, 0.1) is 34.0 Å². The van der Waals surface area contributed by atoms with Crippen molar-refractivity contribution in [1.29, 1.82) is 0 Å². The summed E-state index contributed by atoms with van der Waals surface area (Å²) in [6, 6.07) is 3.06. The average Bonchev–Trinajstić information content (AvgIpc) is 3.16. The third kappa shape index (κ3) is 4.99. The summed E-state index contributed by atoms with van der Waals surface area (Å²) in [7, 11) is 4.42. The Balaban J connectivity index is 1.92. The lowest BCUT2D eigenvalue weighted by molar-refractivity contribution is -0.120. The van der Waals surface area contributed by atoms with E-state index in [1.165, 1.54) is 33.5 Å². The summed E-state index contributed by atoms with van der Waals surface area (Å²) in [6.45, 7) is 1.07. The highest BCUT2D eigenvalue weighted by molar-refractivity contribution is 5.97. The van der Waals surface area contributed by atoms with Crippen LogP contribution < -0.4 is 24.8 Å². The van der Waals surface area contributed by atoms with E-state index < -0.39 is 5.91 Å². The van der Waals surface area contributed by atoms with E-state index >= 15 is 0 Å². The number of carbonyl (C=O) groups excluding carboxylic acids is 2. The Morgan fingerprint density at radius 1 is 1.12 bits per heavy atom. The summed E-state index contributed by atoms with van der Waals surface area (Å²) in [5.41, 5.74) is 0.307. The summed E-state index contributed by atoms with van der Waals surface area (Å²) in [5.74, 6) is 0.461. The van der Waals surface area contributed by atoms with Crippen LogP contribution in [0.5, 0.6) is 17.2 Å². The van der Waals surface area contributed by atoms with E-state index in [9.17, 15) is 9.59 Å². The topological polar surface area (TPSA) is 95.1 Å². The van der Waals surface area contributed by atoms with Crippen molar-refractivity contribution in [3.8, 4) is 17.2 Å². The van der Waals surface area contributed by atoms with Gasteiger partial charge in [-0.25, -0.2) is 0 Å². The third-order valence-electron chi connectivity index (χ3n) is 3.89. The minimum absolute atomic E-state index is 0.0646. The minimum Gasteiger partial charge on any atom is -0.493 e. The van der Waals surface area contributed by atoms with Gasteiger partial charge in [0.2, 0.25) is 11.7 Å². The number of carbonyl (C=O) groups is 2. The molecule has 1 aliphatic rings. The second-order valence-corrected chi connectivity index (χ2v) is 5.54. The number of nitrogens with one attached hydrogen (secondary N) is 2. The van der Waals surface area contributed by atoms with Gasteiger partial charge in [-0.05, 0) is 25.0 Å². The molecule has 0 saturated carbocycles. The maximum atomic E-state index is 12.3. The number of ether oxygens (including phenoxy) is 4. The average molecular weight is 352 g/mol. The van der Waals surface area contributed by atoms with Crippen LogP contribution in [0.3, 0.4) is 0 Å². The number of methoxy groups -OCH3 is 3. The van der Waals surface area contributed by atoms with E-state index in [1.54, 1.807) is 0 Å². The number of benzene rings is 1. The van der Waals surface area contributed by atoms with E-state index in [0.717, 1.165) is 19.4 Å². The molecule has 8 heteroatoms. The van der Waals surface area contributed by atoms with Crippen molar-refractivity contribution in [2.45, 2.75) is 18.9 Å².